The molecule has 0 unspecified atom stereocenters. The molecule has 6 heteroatoms. The second-order valence-corrected chi connectivity index (χ2v) is 6.86. The van der Waals surface area contributed by atoms with Gasteiger partial charge in [0.2, 0.25) is 0 Å². The molecular weight excluding hydrogens is 431 g/mol. The average molecular weight is 458 g/mol. The van der Waals surface area contributed by atoms with Crippen LogP contribution >= 0.6 is 35.3 Å². The van der Waals surface area contributed by atoms with E-state index in [4.69, 9.17) is 0 Å². The minimum absolute atomic E-state index is 0. The maximum atomic E-state index is 4.63. The summed E-state index contributed by atoms with van der Waals surface area (Å²) in [6.45, 7) is 8.02. The van der Waals surface area contributed by atoms with Crippen molar-refractivity contribution in [1.29, 1.82) is 0 Å². The molecule has 0 aliphatic rings. The Morgan fingerprint density at radius 2 is 2.08 bits per heavy atom. The second kappa shape index (κ2) is 10.7. The molecule has 1 aromatic carbocycles. The van der Waals surface area contributed by atoms with Crippen molar-refractivity contribution in [3.8, 4) is 0 Å². The Balaban J connectivity index is 0.00000288. The van der Waals surface area contributed by atoms with Crippen molar-refractivity contribution in [1.82, 2.24) is 15.6 Å². The summed E-state index contributed by atoms with van der Waals surface area (Å²) in [5.41, 5.74) is 3.80. The molecule has 132 valence electrons. The lowest BCUT2D eigenvalue weighted by molar-refractivity contribution is 0.778. The molecule has 0 radical (unpaired) electrons. The van der Waals surface area contributed by atoms with E-state index in [1.54, 1.807) is 18.4 Å². The van der Waals surface area contributed by atoms with E-state index < -0.39 is 0 Å². The largest absolute Gasteiger partial charge is 0.356 e. The zero-order chi connectivity index (χ0) is 16.7. The third kappa shape index (κ3) is 6.76. The first kappa shape index (κ1) is 20.9. The molecule has 0 spiro atoms. The number of aromatic nitrogens is 1. The van der Waals surface area contributed by atoms with Crippen LogP contribution in [0.4, 0.5) is 0 Å². The average Bonchev–Trinajstić information content (AvgIpc) is 3.00. The molecule has 0 amide bonds. The van der Waals surface area contributed by atoms with Crippen LogP contribution in [0.15, 0.2) is 34.6 Å². The molecular formula is C18H27IN4S. The summed E-state index contributed by atoms with van der Waals surface area (Å²) < 4.78 is 0. The zero-order valence-electron chi connectivity index (χ0n) is 14.8. The predicted molar refractivity (Wildman–Crippen MR) is 115 cm³/mol. The number of nitrogens with zero attached hydrogens (tertiary/aromatic N) is 2. The van der Waals surface area contributed by atoms with Gasteiger partial charge in [-0.15, -0.1) is 35.3 Å². The standard InChI is InChI=1S/C18H26N4S.HI/c1-13(2)16-12-23-17(22-16)11-21-18(19-4)20-9-8-15-7-5-6-14(3)10-15;/h5-7,10,12-13H,8-9,11H2,1-4H3,(H2,19,20,21);1H. The molecule has 4 nitrogen and oxygen atoms in total. The highest BCUT2D eigenvalue weighted by molar-refractivity contribution is 14.0. The predicted octanol–water partition coefficient (Wildman–Crippen LogP) is 4.10. The van der Waals surface area contributed by atoms with Gasteiger partial charge in [-0.3, -0.25) is 4.99 Å². The zero-order valence-corrected chi connectivity index (χ0v) is 17.9. The van der Waals surface area contributed by atoms with Crippen LogP contribution < -0.4 is 10.6 Å². The third-order valence-electron chi connectivity index (χ3n) is 3.58. The van der Waals surface area contributed by atoms with Crippen molar-refractivity contribution in [2.75, 3.05) is 13.6 Å². The van der Waals surface area contributed by atoms with Crippen molar-refractivity contribution in [3.63, 3.8) is 0 Å². The van der Waals surface area contributed by atoms with E-state index >= 15 is 0 Å². The first-order valence-electron chi connectivity index (χ1n) is 8.03. The summed E-state index contributed by atoms with van der Waals surface area (Å²) in [7, 11) is 1.80. The van der Waals surface area contributed by atoms with Crippen LogP contribution in [0.5, 0.6) is 0 Å². The minimum Gasteiger partial charge on any atom is -0.356 e. The van der Waals surface area contributed by atoms with Crippen LogP contribution in [0.1, 0.15) is 41.6 Å². The maximum Gasteiger partial charge on any atom is 0.191 e. The molecule has 2 aromatic rings. The summed E-state index contributed by atoms with van der Waals surface area (Å²) in [6.07, 6.45) is 0.983. The molecule has 0 aliphatic heterocycles. The Morgan fingerprint density at radius 1 is 1.29 bits per heavy atom. The molecule has 0 saturated heterocycles. The monoisotopic (exact) mass is 458 g/mol. The lowest BCUT2D eigenvalue weighted by atomic mass is 10.1. The fourth-order valence-electron chi connectivity index (χ4n) is 2.24. The Kier molecular flexibility index (Phi) is 9.28. The topological polar surface area (TPSA) is 49.3 Å². The van der Waals surface area contributed by atoms with E-state index in [1.807, 2.05) is 0 Å². The molecule has 1 heterocycles. The number of rotatable bonds is 6. The van der Waals surface area contributed by atoms with Gasteiger partial charge in [-0.1, -0.05) is 43.7 Å². The van der Waals surface area contributed by atoms with Crippen molar-refractivity contribution in [2.24, 2.45) is 4.99 Å². The van der Waals surface area contributed by atoms with Gasteiger partial charge in [0.1, 0.15) is 5.01 Å². The third-order valence-corrected chi connectivity index (χ3v) is 4.45. The van der Waals surface area contributed by atoms with E-state index in [1.165, 1.54) is 11.1 Å². The number of nitrogens with one attached hydrogen (secondary N) is 2. The van der Waals surface area contributed by atoms with Crippen LogP contribution in [0, 0.1) is 6.92 Å². The van der Waals surface area contributed by atoms with Crippen molar-refractivity contribution < 1.29 is 0 Å². The summed E-state index contributed by atoms with van der Waals surface area (Å²) in [5.74, 6) is 1.30. The fourth-order valence-corrected chi connectivity index (χ4v) is 3.14. The van der Waals surface area contributed by atoms with E-state index in [0.29, 0.717) is 12.5 Å². The normalized spacial score (nSPS) is 11.3. The van der Waals surface area contributed by atoms with Gasteiger partial charge in [-0.05, 0) is 24.8 Å². The van der Waals surface area contributed by atoms with Crippen molar-refractivity contribution >= 4 is 41.3 Å². The minimum atomic E-state index is 0. The summed E-state index contributed by atoms with van der Waals surface area (Å²) >= 11 is 1.70. The first-order valence-corrected chi connectivity index (χ1v) is 8.91. The van der Waals surface area contributed by atoms with Gasteiger partial charge in [0.15, 0.2) is 5.96 Å². The van der Waals surface area contributed by atoms with Gasteiger partial charge in [0.05, 0.1) is 12.2 Å². The highest BCUT2D eigenvalue weighted by Crippen LogP contribution is 2.17. The molecule has 0 saturated carbocycles. The van der Waals surface area contributed by atoms with Gasteiger partial charge in [-0.25, -0.2) is 4.98 Å². The molecule has 2 N–H and O–H groups in total. The van der Waals surface area contributed by atoms with E-state index in [2.05, 4.69) is 71.0 Å². The summed E-state index contributed by atoms with van der Waals surface area (Å²) in [4.78, 5) is 8.89. The number of hydrogen-bond donors (Lipinski definition) is 2. The molecule has 0 fully saturated rings. The van der Waals surface area contributed by atoms with Crippen LogP contribution in [-0.2, 0) is 13.0 Å². The molecule has 0 atom stereocenters. The van der Waals surface area contributed by atoms with Crippen LogP contribution in [0.25, 0.3) is 0 Å². The van der Waals surface area contributed by atoms with Gasteiger partial charge >= 0.3 is 0 Å². The number of hydrogen-bond acceptors (Lipinski definition) is 3. The van der Waals surface area contributed by atoms with Gasteiger partial charge in [-0.2, -0.15) is 0 Å². The molecule has 24 heavy (non-hydrogen) atoms. The lowest BCUT2D eigenvalue weighted by Crippen LogP contribution is -2.37. The quantitative estimate of drug-likeness (QED) is 0.389. The fraction of sp³-hybridized carbons (Fsp3) is 0.444. The van der Waals surface area contributed by atoms with Crippen LogP contribution in [0.2, 0.25) is 0 Å². The highest BCUT2D eigenvalue weighted by Gasteiger charge is 2.06. The Labute approximate surface area is 166 Å². The number of benzene rings is 1. The lowest BCUT2D eigenvalue weighted by Gasteiger charge is -2.11. The molecule has 1 aromatic heterocycles. The Morgan fingerprint density at radius 3 is 2.71 bits per heavy atom. The van der Waals surface area contributed by atoms with Crippen LogP contribution in [0.3, 0.4) is 0 Å². The maximum absolute atomic E-state index is 4.63. The Hall–Kier alpha value is -1.15. The van der Waals surface area contributed by atoms with Gasteiger partial charge in [0, 0.05) is 19.0 Å². The second-order valence-electron chi connectivity index (χ2n) is 5.91. The number of guanidine groups is 1. The number of thiazole rings is 1. The summed E-state index contributed by atoms with van der Waals surface area (Å²) in [6, 6.07) is 8.61. The van der Waals surface area contributed by atoms with Gasteiger partial charge < -0.3 is 10.6 Å². The Bertz CT molecular complexity index is 652. The van der Waals surface area contributed by atoms with E-state index in [-0.39, 0.29) is 24.0 Å². The van der Waals surface area contributed by atoms with Crippen molar-refractivity contribution in [3.05, 3.63) is 51.5 Å². The first-order chi connectivity index (χ1) is 11.1. The molecule has 2 rings (SSSR count). The SMILES string of the molecule is CN=C(NCCc1cccc(C)c1)NCc1nc(C(C)C)cs1.I. The number of halogens is 1. The van der Waals surface area contributed by atoms with Crippen LogP contribution in [-0.4, -0.2) is 24.5 Å². The molecule has 0 bridgehead atoms. The van der Waals surface area contributed by atoms with Crippen molar-refractivity contribution in [2.45, 2.75) is 39.7 Å². The number of aliphatic imine (C=N–C) groups is 1. The summed E-state index contributed by atoms with van der Waals surface area (Å²) in [5, 5.41) is 9.90. The van der Waals surface area contributed by atoms with E-state index in [9.17, 15) is 0 Å². The molecule has 0 aliphatic carbocycles. The highest BCUT2D eigenvalue weighted by atomic mass is 127. The van der Waals surface area contributed by atoms with Gasteiger partial charge in [0.25, 0.3) is 0 Å². The smallest absolute Gasteiger partial charge is 0.191 e. The van der Waals surface area contributed by atoms with E-state index in [0.717, 1.165) is 29.6 Å². The number of aryl methyl sites for hydroxylation is 1.